The van der Waals surface area contributed by atoms with Gasteiger partial charge in [0.1, 0.15) is 5.82 Å². The molecule has 0 amide bonds. The van der Waals surface area contributed by atoms with Crippen LogP contribution in [0, 0.1) is 5.82 Å². The third kappa shape index (κ3) is 2.17. The fourth-order valence-electron chi connectivity index (χ4n) is 1.77. The van der Waals surface area contributed by atoms with E-state index in [0.29, 0.717) is 16.3 Å². The Morgan fingerprint density at radius 1 is 1.47 bits per heavy atom. The van der Waals surface area contributed by atoms with Gasteiger partial charge in [-0.2, -0.15) is 5.10 Å². The number of benzene rings is 1. The second kappa shape index (κ2) is 4.83. The van der Waals surface area contributed by atoms with Crippen LogP contribution in [-0.2, 0) is 7.05 Å². The van der Waals surface area contributed by atoms with Crippen molar-refractivity contribution in [3.8, 4) is 0 Å². The summed E-state index contributed by atoms with van der Waals surface area (Å²) in [6.07, 6.45) is 1.50. The highest BCUT2D eigenvalue weighted by molar-refractivity contribution is 6.31. The maximum atomic E-state index is 13.7. The van der Waals surface area contributed by atoms with Crippen molar-refractivity contribution in [1.82, 2.24) is 15.2 Å². The molecule has 0 aliphatic carbocycles. The topological polar surface area (TPSA) is 55.9 Å². The monoisotopic (exact) mass is 254 g/mol. The van der Waals surface area contributed by atoms with E-state index < -0.39 is 6.04 Å². The van der Waals surface area contributed by atoms with Gasteiger partial charge in [0.2, 0.25) is 0 Å². The number of halogens is 2. The Bertz CT molecular complexity index is 506. The lowest BCUT2D eigenvalue weighted by Gasteiger charge is -2.17. The molecular weight excluding hydrogens is 243 g/mol. The zero-order valence-electron chi connectivity index (χ0n) is 9.19. The molecule has 1 atom stereocenters. The molecule has 4 nitrogen and oxygen atoms in total. The molecular formula is C11H12ClFN4. The maximum Gasteiger partial charge on any atom is 0.128 e. The summed E-state index contributed by atoms with van der Waals surface area (Å²) in [7, 11) is 1.73. The van der Waals surface area contributed by atoms with Crippen LogP contribution in [0.4, 0.5) is 4.39 Å². The second-order valence-corrected chi connectivity index (χ2v) is 4.03. The Morgan fingerprint density at radius 2 is 2.18 bits per heavy atom. The molecule has 0 spiro atoms. The van der Waals surface area contributed by atoms with Crippen molar-refractivity contribution in [2.24, 2.45) is 12.9 Å². The van der Waals surface area contributed by atoms with Gasteiger partial charge in [-0.15, -0.1) is 0 Å². The molecule has 0 radical (unpaired) electrons. The maximum absolute atomic E-state index is 13.7. The molecule has 0 fully saturated rings. The highest BCUT2D eigenvalue weighted by Crippen LogP contribution is 2.28. The first-order chi connectivity index (χ1) is 8.15. The van der Waals surface area contributed by atoms with Crippen LogP contribution in [0.3, 0.4) is 0 Å². The molecule has 17 heavy (non-hydrogen) atoms. The van der Waals surface area contributed by atoms with E-state index in [1.807, 2.05) is 0 Å². The van der Waals surface area contributed by atoms with Crippen molar-refractivity contribution in [2.75, 3.05) is 0 Å². The molecule has 0 saturated carbocycles. The Kier molecular flexibility index (Phi) is 3.42. The van der Waals surface area contributed by atoms with Crippen LogP contribution in [0.1, 0.15) is 17.3 Å². The van der Waals surface area contributed by atoms with E-state index in [4.69, 9.17) is 17.4 Å². The molecule has 0 aliphatic heterocycles. The summed E-state index contributed by atoms with van der Waals surface area (Å²) >= 11 is 6.02. The lowest BCUT2D eigenvalue weighted by atomic mass is 10.0. The van der Waals surface area contributed by atoms with E-state index in [1.54, 1.807) is 29.9 Å². The minimum atomic E-state index is -0.531. The third-order valence-corrected chi connectivity index (χ3v) is 2.89. The van der Waals surface area contributed by atoms with E-state index >= 15 is 0 Å². The SMILES string of the molecule is Cn1ncc(Cl)c1C(NN)c1ccccc1F. The predicted molar refractivity (Wildman–Crippen MR) is 63.8 cm³/mol. The number of aryl methyl sites for hydroxylation is 1. The average molecular weight is 255 g/mol. The number of hydrogen-bond donors (Lipinski definition) is 2. The molecule has 0 saturated heterocycles. The van der Waals surface area contributed by atoms with Crippen molar-refractivity contribution in [3.05, 3.63) is 52.6 Å². The third-order valence-electron chi connectivity index (χ3n) is 2.59. The van der Waals surface area contributed by atoms with Crippen molar-refractivity contribution >= 4 is 11.6 Å². The van der Waals surface area contributed by atoms with Gasteiger partial charge in [-0.05, 0) is 6.07 Å². The Balaban J connectivity index is 2.52. The summed E-state index contributed by atoms with van der Waals surface area (Å²) < 4.78 is 15.3. The van der Waals surface area contributed by atoms with Gasteiger partial charge in [0.25, 0.3) is 0 Å². The van der Waals surface area contributed by atoms with Gasteiger partial charge in [0.05, 0.1) is 23.0 Å². The van der Waals surface area contributed by atoms with Gasteiger partial charge < -0.3 is 0 Å². The number of rotatable bonds is 3. The van der Waals surface area contributed by atoms with Crippen molar-refractivity contribution < 1.29 is 4.39 Å². The molecule has 1 aromatic carbocycles. The van der Waals surface area contributed by atoms with Crippen LogP contribution in [0.5, 0.6) is 0 Å². The predicted octanol–water partition coefficient (Wildman–Crippen LogP) is 1.77. The first-order valence-corrected chi connectivity index (χ1v) is 5.41. The van der Waals surface area contributed by atoms with Crippen LogP contribution < -0.4 is 11.3 Å². The summed E-state index contributed by atoms with van der Waals surface area (Å²) in [5.74, 6) is 5.15. The molecule has 3 N–H and O–H groups in total. The minimum absolute atomic E-state index is 0.340. The zero-order valence-corrected chi connectivity index (χ0v) is 9.95. The van der Waals surface area contributed by atoms with Crippen LogP contribution in [0.2, 0.25) is 5.02 Å². The summed E-state index contributed by atoms with van der Waals surface area (Å²) in [4.78, 5) is 0. The van der Waals surface area contributed by atoms with Crippen molar-refractivity contribution in [3.63, 3.8) is 0 Å². The number of nitrogens with one attached hydrogen (secondary N) is 1. The molecule has 2 aromatic rings. The number of nitrogens with zero attached hydrogens (tertiary/aromatic N) is 2. The molecule has 90 valence electrons. The molecule has 2 rings (SSSR count). The minimum Gasteiger partial charge on any atom is -0.271 e. The summed E-state index contributed by atoms with van der Waals surface area (Å²) in [6, 6.07) is 5.87. The smallest absolute Gasteiger partial charge is 0.128 e. The Labute approximate surface area is 103 Å². The summed E-state index contributed by atoms with van der Waals surface area (Å²) in [6.45, 7) is 0. The van der Waals surface area contributed by atoms with E-state index in [1.165, 1.54) is 12.3 Å². The highest BCUT2D eigenvalue weighted by Gasteiger charge is 2.22. The fourth-order valence-corrected chi connectivity index (χ4v) is 2.05. The van der Waals surface area contributed by atoms with E-state index in [9.17, 15) is 4.39 Å². The quantitative estimate of drug-likeness (QED) is 0.648. The average Bonchev–Trinajstić information content (AvgIpc) is 2.64. The Hall–Kier alpha value is -1.43. The van der Waals surface area contributed by atoms with Gasteiger partial charge in [0, 0.05) is 12.6 Å². The van der Waals surface area contributed by atoms with E-state index in [-0.39, 0.29) is 5.82 Å². The van der Waals surface area contributed by atoms with E-state index in [2.05, 4.69) is 10.5 Å². The van der Waals surface area contributed by atoms with Gasteiger partial charge in [0.15, 0.2) is 0 Å². The number of nitrogens with two attached hydrogens (primary N) is 1. The Morgan fingerprint density at radius 3 is 2.71 bits per heavy atom. The van der Waals surface area contributed by atoms with Crippen LogP contribution in [0.15, 0.2) is 30.5 Å². The molecule has 6 heteroatoms. The highest BCUT2D eigenvalue weighted by atomic mass is 35.5. The first-order valence-electron chi connectivity index (χ1n) is 5.03. The zero-order chi connectivity index (χ0) is 12.4. The van der Waals surface area contributed by atoms with Crippen LogP contribution in [-0.4, -0.2) is 9.78 Å². The van der Waals surface area contributed by atoms with Crippen molar-refractivity contribution in [2.45, 2.75) is 6.04 Å². The molecule has 0 bridgehead atoms. The van der Waals surface area contributed by atoms with Gasteiger partial charge in [-0.1, -0.05) is 29.8 Å². The number of hydrazine groups is 1. The second-order valence-electron chi connectivity index (χ2n) is 3.62. The van der Waals surface area contributed by atoms with Crippen molar-refractivity contribution in [1.29, 1.82) is 0 Å². The lowest BCUT2D eigenvalue weighted by molar-refractivity contribution is 0.533. The first kappa shape index (κ1) is 12.0. The molecule has 0 aliphatic rings. The molecule has 1 aromatic heterocycles. The molecule has 1 heterocycles. The molecule has 1 unspecified atom stereocenters. The van der Waals surface area contributed by atoms with Gasteiger partial charge in [-0.25, -0.2) is 9.82 Å². The van der Waals surface area contributed by atoms with Gasteiger partial charge in [-0.3, -0.25) is 10.5 Å². The van der Waals surface area contributed by atoms with E-state index in [0.717, 1.165) is 0 Å². The summed E-state index contributed by atoms with van der Waals surface area (Å²) in [5, 5.41) is 4.45. The number of aromatic nitrogens is 2. The van der Waals surface area contributed by atoms with Gasteiger partial charge >= 0.3 is 0 Å². The normalized spacial score (nSPS) is 12.7. The van der Waals surface area contributed by atoms with Crippen LogP contribution >= 0.6 is 11.6 Å². The fraction of sp³-hybridized carbons (Fsp3) is 0.182. The number of hydrogen-bond acceptors (Lipinski definition) is 3. The van der Waals surface area contributed by atoms with Crippen LogP contribution in [0.25, 0.3) is 0 Å². The largest absolute Gasteiger partial charge is 0.271 e. The standard InChI is InChI=1S/C11H12ClFN4/c1-17-11(8(12)6-15-17)10(16-14)7-4-2-3-5-9(7)13/h2-6,10,16H,14H2,1H3. The lowest BCUT2D eigenvalue weighted by Crippen LogP contribution is -2.31. The summed E-state index contributed by atoms with van der Waals surface area (Å²) in [5.41, 5.74) is 3.61.